The highest BCUT2D eigenvalue weighted by Gasteiger charge is 2.27. The number of hydrogen-bond acceptors (Lipinski definition) is 5. The summed E-state index contributed by atoms with van der Waals surface area (Å²) in [6.45, 7) is 11.3. The third-order valence-corrected chi connectivity index (χ3v) is 5.42. The molecule has 0 aliphatic heterocycles. The molecule has 0 saturated carbocycles. The van der Waals surface area contributed by atoms with Crippen molar-refractivity contribution in [1.29, 1.82) is 0 Å². The van der Waals surface area contributed by atoms with Crippen LogP contribution in [0.1, 0.15) is 45.2 Å². The van der Waals surface area contributed by atoms with Gasteiger partial charge in [-0.1, -0.05) is 45.5 Å². The molecular weight excluding hydrogens is 366 g/mol. The van der Waals surface area contributed by atoms with Crippen LogP contribution in [0.4, 0.5) is 0 Å². The number of hydrogen-bond donors (Lipinski definition) is 2. The second-order valence-electron chi connectivity index (χ2n) is 8.09. The van der Waals surface area contributed by atoms with Crippen LogP contribution in [0.15, 0.2) is 48.6 Å². The average Bonchev–Trinajstić information content (AvgIpc) is 3.12. The van der Waals surface area contributed by atoms with E-state index >= 15 is 0 Å². The van der Waals surface area contributed by atoms with Gasteiger partial charge >= 0.3 is 0 Å². The van der Waals surface area contributed by atoms with Crippen LogP contribution < -0.4 is 0 Å². The summed E-state index contributed by atoms with van der Waals surface area (Å²) >= 11 is 0. The standard InChI is InChI=1S/C23H27N3O3/c1-6-23(4,5)16-11-15(13-20(27)21(28)14(2)3)12-19(22(16)29)26-24-17-9-7-8-10-18(17)25-26/h7-12,20,27,29H,2,6,13H2,1,3-5H3. The van der Waals surface area contributed by atoms with E-state index < -0.39 is 6.10 Å². The molecule has 2 N–H and O–H groups in total. The highest BCUT2D eigenvalue weighted by Crippen LogP contribution is 2.38. The number of phenols is 1. The van der Waals surface area contributed by atoms with E-state index in [2.05, 4.69) is 16.8 Å². The van der Waals surface area contributed by atoms with E-state index in [9.17, 15) is 15.0 Å². The fourth-order valence-corrected chi connectivity index (χ4v) is 3.22. The van der Waals surface area contributed by atoms with Crippen molar-refractivity contribution in [2.45, 2.75) is 52.1 Å². The van der Waals surface area contributed by atoms with Crippen molar-refractivity contribution in [1.82, 2.24) is 15.0 Å². The van der Waals surface area contributed by atoms with Gasteiger partial charge in [0.05, 0.1) is 0 Å². The van der Waals surface area contributed by atoms with E-state index in [1.807, 2.05) is 51.1 Å². The maximum Gasteiger partial charge on any atom is 0.186 e. The summed E-state index contributed by atoms with van der Waals surface area (Å²) in [7, 11) is 0. The maximum absolute atomic E-state index is 12.1. The van der Waals surface area contributed by atoms with E-state index in [0.717, 1.165) is 17.5 Å². The van der Waals surface area contributed by atoms with Gasteiger partial charge in [-0.05, 0) is 48.1 Å². The summed E-state index contributed by atoms with van der Waals surface area (Å²) in [6, 6.07) is 11.0. The summed E-state index contributed by atoms with van der Waals surface area (Å²) in [5, 5.41) is 30.3. The van der Waals surface area contributed by atoms with Crippen LogP contribution in [-0.4, -0.2) is 37.1 Å². The minimum Gasteiger partial charge on any atom is -0.505 e. The zero-order valence-electron chi connectivity index (χ0n) is 17.3. The van der Waals surface area contributed by atoms with Gasteiger partial charge in [-0.25, -0.2) is 0 Å². The summed E-state index contributed by atoms with van der Waals surface area (Å²) < 4.78 is 0. The average molecular weight is 393 g/mol. The zero-order chi connectivity index (χ0) is 21.3. The minimum atomic E-state index is -1.19. The Kier molecular flexibility index (Phi) is 5.57. The molecule has 1 heterocycles. The number of Topliss-reactive ketones (excluding diaryl/α,β-unsaturated/α-hetero) is 1. The quantitative estimate of drug-likeness (QED) is 0.595. The van der Waals surface area contributed by atoms with E-state index in [4.69, 9.17) is 0 Å². The van der Waals surface area contributed by atoms with Crippen LogP contribution >= 0.6 is 0 Å². The number of nitrogens with zero attached hydrogens (tertiary/aromatic N) is 3. The number of carbonyl (C=O) groups excluding carboxylic acids is 1. The predicted molar refractivity (Wildman–Crippen MR) is 113 cm³/mol. The number of aliphatic hydroxyl groups is 1. The highest BCUT2D eigenvalue weighted by atomic mass is 16.3. The Morgan fingerprint density at radius 3 is 2.31 bits per heavy atom. The normalized spacial score (nSPS) is 12.9. The topological polar surface area (TPSA) is 88.2 Å². The molecule has 0 fully saturated rings. The molecule has 0 aliphatic carbocycles. The van der Waals surface area contributed by atoms with Gasteiger partial charge in [-0.2, -0.15) is 0 Å². The molecule has 0 saturated heterocycles. The van der Waals surface area contributed by atoms with E-state index in [1.165, 1.54) is 4.80 Å². The first-order valence-electron chi connectivity index (χ1n) is 9.70. The predicted octanol–water partition coefficient (Wildman–Crippen LogP) is 3.86. The number of aromatic hydroxyl groups is 1. The monoisotopic (exact) mass is 393 g/mol. The van der Waals surface area contributed by atoms with Gasteiger partial charge in [-0.3, -0.25) is 4.79 Å². The van der Waals surface area contributed by atoms with Gasteiger partial charge in [0.1, 0.15) is 28.6 Å². The lowest BCUT2D eigenvalue weighted by atomic mass is 9.80. The lowest BCUT2D eigenvalue weighted by Crippen LogP contribution is -2.24. The summed E-state index contributed by atoms with van der Waals surface area (Å²) in [5.74, 6) is -0.291. The molecule has 6 heteroatoms. The minimum absolute atomic E-state index is 0.0987. The second-order valence-corrected chi connectivity index (χ2v) is 8.09. The third kappa shape index (κ3) is 4.07. The number of fused-ring (bicyclic) bond motifs is 1. The molecule has 0 radical (unpaired) electrons. The van der Waals surface area contributed by atoms with Crippen molar-refractivity contribution >= 4 is 16.8 Å². The van der Waals surface area contributed by atoms with Crippen LogP contribution in [0.5, 0.6) is 5.75 Å². The van der Waals surface area contributed by atoms with Crippen molar-refractivity contribution in [2.24, 2.45) is 0 Å². The first-order chi connectivity index (χ1) is 13.6. The molecule has 1 aromatic heterocycles. The van der Waals surface area contributed by atoms with Crippen LogP contribution in [-0.2, 0) is 16.6 Å². The number of ketones is 1. The highest BCUT2D eigenvalue weighted by molar-refractivity contribution is 5.97. The zero-order valence-corrected chi connectivity index (χ0v) is 17.3. The maximum atomic E-state index is 12.1. The summed E-state index contributed by atoms with van der Waals surface area (Å²) in [5.41, 5.74) is 3.29. The van der Waals surface area contributed by atoms with Crippen LogP contribution in [0, 0.1) is 0 Å². The number of aromatic nitrogens is 3. The van der Waals surface area contributed by atoms with Crippen LogP contribution in [0.25, 0.3) is 16.7 Å². The Bertz CT molecular complexity index is 1050. The fraction of sp³-hybridized carbons (Fsp3) is 0.348. The fourth-order valence-electron chi connectivity index (χ4n) is 3.22. The third-order valence-electron chi connectivity index (χ3n) is 5.42. The number of phenolic OH excluding ortho intramolecular Hbond substituents is 1. The lowest BCUT2D eigenvalue weighted by Gasteiger charge is -2.26. The summed E-state index contributed by atoms with van der Waals surface area (Å²) in [4.78, 5) is 13.5. The summed E-state index contributed by atoms with van der Waals surface area (Å²) in [6.07, 6.45) is -0.273. The van der Waals surface area contributed by atoms with Crippen molar-refractivity contribution in [2.75, 3.05) is 0 Å². The molecule has 3 aromatic rings. The van der Waals surface area contributed by atoms with E-state index in [0.29, 0.717) is 22.3 Å². The number of aliphatic hydroxyl groups excluding tert-OH is 1. The van der Waals surface area contributed by atoms with Crippen molar-refractivity contribution < 1.29 is 15.0 Å². The molecule has 6 nitrogen and oxygen atoms in total. The molecule has 1 atom stereocenters. The molecule has 152 valence electrons. The molecule has 1 unspecified atom stereocenters. The Labute approximate surface area is 170 Å². The SMILES string of the molecule is C=C(C)C(=O)C(O)Cc1cc(-n2nc3ccccc3n2)c(O)c(C(C)(C)CC)c1. The van der Waals surface area contributed by atoms with Gasteiger partial charge < -0.3 is 10.2 Å². The molecule has 0 aliphatic rings. The second kappa shape index (κ2) is 7.79. The first kappa shape index (κ1) is 20.7. The number of benzene rings is 2. The Balaban J connectivity index is 2.15. The van der Waals surface area contributed by atoms with Gasteiger partial charge in [0.15, 0.2) is 5.78 Å². The van der Waals surface area contributed by atoms with E-state index in [-0.39, 0.29) is 23.4 Å². The molecule has 0 amide bonds. The lowest BCUT2D eigenvalue weighted by molar-refractivity contribution is -0.123. The van der Waals surface area contributed by atoms with Gasteiger partial charge in [0.2, 0.25) is 0 Å². The first-order valence-corrected chi connectivity index (χ1v) is 9.70. The molecule has 29 heavy (non-hydrogen) atoms. The number of rotatable bonds is 7. The van der Waals surface area contributed by atoms with Crippen LogP contribution in [0.3, 0.4) is 0 Å². The molecular formula is C23H27N3O3. The van der Waals surface area contributed by atoms with Crippen molar-refractivity contribution in [3.63, 3.8) is 0 Å². The van der Waals surface area contributed by atoms with Crippen molar-refractivity contribution in [3.8, 4) is 11.4 Å². The molecule has 0 spiro atoms. The Morgan fingerprint density at radius 2 is 1.79 bits per heavy atom. The molecule has 3 rings (SSSR count). The molecule has 2 aromatic carbocycles. The Hall–Kier alpha value is -2.99. The Morgan fingerprint density at radius 1 is 1.21 bits per heavy atom. The van der Waals surface area contributed by atoms with Gasteiger partial charge in [0, 0.05) is 12.0 Å². The van der Waals surface area contributed by atoms with Crippen LogP contribution in [0.2, 0.25) is 0 Å². The van der Waals surface area contributed by atoms with Gasteiger partial charge in [0.25, 0.3) is 0 Å². The smallest absolute Gasteiger partial charge is 0.186 e. The molecule has 0 bridgehead atoms. The van der Waals surface area contributed by atoms with Crippen molar-refractivity contribution in [3.05, 3.63) is 59.7 Å². The number of carbonyl (C=O) groups is 1. The van der Waals surface area contributed by atoms with Gasteiger partial charge in [-0.15, -0.1) is 15.0 Å². The largest absolute Gasteiger partial charge is 0.505 e. The van der Waals surface area contributed by atoms with E-state index in [1.54, 1.807) is 13.0 Å².